The molecule has 0 spiro atoms. The second-order valence-corrected chi connectivity index (χ2v) is 10.3. The van der Waals surface area contributed by atoms with Crippen LogP contribution in [0.1, 0.15) is 43.7 Å². The predicted octanol–water partition coefficient (Wildman–Crippen LogP) is 3.43. The Morgan fingerprint density at radius 2 is 1.62 bits per heavy atom. The molecule has 3 rings (SSSR count). The fourth-order valence-electron chi connectivity index (χ4n) is 3.87. The quantitative estimate of drug-likeness (QED) is 0.554. The fraction of sp³-hybridized carbons (Fsp3) is 0.385. The van der Waals surface area contributed by atoms with E-state index >= 15 is 0 Å². The van der Waals surface area contributed by atoms with E-state index in [2.05, 4.69) is 5.32 Å². The van der Waals surface area contributed by atoms with Gasteiger partial charge in [-0.3, -0.25) is 9.59 Å². The normalized spacial score (nSPS) is 15.1. The maximum atomic E-state index is 12.9. The van der Waals surface area contributed by atoms with Gasteiger partial charge < -0.3 is 10.2 Å². The van der Waals surface area contributed by atoms with E-state index in [1.165, 1.54) is 6.08 Å². The van der Waals surface area contributed by atoms with Crippen LogP contribution >= 0.6 is 0 Å². The van der Waals surface area contributed by atoms with Crippen LogP contribution in [0.2, 0.25) is 0 Å². The lowest BCUT2D eigenvalue weighted by Crippen LogP contribution is -2.39. The molecular formula is C26H33N3O4S. The number of rotatable bonds is 9. The zero-order valence-electron chi connectivity index (χ0n) is 19.7. The number of carbonyl (C=O) groups is 2. The molecule has 1 saturated heterocycles. The van der Waals surface area contributed by atoms with Gasteiger partial charge in [-0.15, -0.1) is 0 Å². The van der Waals surface area contributed by atoms with Crippen LogP contribution in [0.5, 0.6) is 0 Å². The third kappa shape index (κ3) is 7.27. The summed E-state index contributed by atoms with van der Waals surface area (Å²) in [6.45, 7) is 3.98. The first-order valence-corrected chi connectivity index (χ1v) is 13.2. The lowest BCUT2D eigenvalue weighted by atomic mass is 10.2. The number of benzene rings is 2. The maximum absolute atomic E-state index is 12.9. The summed E-state index contributed by atoms with van der Waals surface area (Å²) in [6.07, 6.45) is 6.85. The summed E-state index contributed by atoms with van der Waals surface area (Å²) in [5.41, 5.74) is 1.74. The first kappa shape index (κ1) is 25.6. The summed E-state index contributed by atoms with van der Waals surface area (Å²) in [7, 11) is -3.50. The predicted molar refractivity (Wildman–Crippen MR) is 133 cm³/mol. The monoisotopic (exact) mass is 483 g/mol. The highest BCUT2D eigenvalue weighted by atomic mass is 32.2. The molecule has 1 heterocycles. The average Bonchev–Trinajstić information content (AvgIpc) is 3.16. The van der Waals surface area contributed by atoms with Gasteiger partial charge in [-0.25, -0.2) is 8.42 Å². The van der Waals surface area contributed by atoms with Crippen LogP contribution < -0.4 is 5.32 Å². The van der Waals surface area contributed by atoms with Crippen LogP contribution in [0.15, 0.2) is 65.6 Å². The van der Waals surface area contributed by atoms with Crippen LogP contribution in [0.3, 0.4) is 0 Å². The standard InChI is InChI=1S/C26H33N3O4S/c1-2-28(21-23-10-6-5-7-11-23)26(31)20-27-25(30)17-14-22-12-15-24(16-13-22)34(32,33)29-18-8-3-4-9-19-29/h5-7,10-17H,2-4,8-9,18-21H2,1H3,(H,27,30)/b17-14+. The highest BCUT2D eigenvalue weighted by molar-refractivity contribution is 7.89. The van der Waals surface area contributed by atoms with Crippen LogP contribution in [-0.2, 0) is 26.2 Å². The highest BCUT2D eigenvalue weighted by Gasteiger charge is 2.24. The summed E-state index contributed by atoms with van der Waals surface area (Å²) < 4.78 is 27.3. The first-order valence-electron chi connectivity index (χ1n) is 11.8. The molecule has 2 amide bonds. The van der Waals surface area contributed by atoms with E-state index in [1.54, 1.807) is 39.5 Å². The molecule has 34 heavy (non-hydrogen) atoms. The molecule has 1 aliphatic rings. The number of likely N-dealkylation sites (N-methyl/N-ethyl adjacent to an activating group) is 1. The second-order valence-electron chi connectivity index (χ2n) is 8.33. The summed E-state index contributed by atoms with van der Waals surface area (Å²) in [4.78, 5) is 26.6. The van der Waals surface area contributed by atoms with Gasteiger partial charge in [0, 0.05) is 32.3 Å². The Bertz CT molecular complexity index is 1070. The van der Waals surface area contributed by atoms with Crippen LogP contribution in [0.25, 0.3) is 6.08 Å². The molecule has 1 N–H and O–H groups in total. The molecule has 2 aromatic carbocycles. The van der Waals surface area contributed by atoms with Gasteiger partial charge in [-0.1, -0.05) is 55.3 Å². The number of hydrogen-bond donors (Lipinski definition) is 1. The first-order chi connectivity index (χ1) is 16.4. The number of sulfonamides is 1. The van der Waals surface area contributed by atoms with Gasteiger partial charge >= 0.3 is 0 Å². The molecule has 0 saturated carbocycles. The van der Waals surface area contributed by atoms with Crippen LogP contribution in [0.4, 0.5) is 0 Å². The molecule has 2 aromatic rings. The summed E-state index contributed by atoms with van der Waals surface area (Å²) in [5.74, 6) is -0.540. The Balaban J connectivity index is 1.51. The third-order valence-corrected chi connectivity index (χ3v) is 7.79. The molecule has 1 fully saturated rings. The molecule has 0 bridgehead atoms. The maximum Gasteiger partial charge on any atom is 0.244 e. The Hall–Kier alpha value is -2.97. The van der Waals surface area contributed by atoms with Crippen molar-refractivity contribution in [3.05, 3.63) is 71.8 Å². The van der Waals surface area contributed by atoms with Crippen molar-refractivity contribution in [1.29, 1.82) is 0 Å². The van der Waals surface area contributed by atoms with Crippen LogP contribution in [0, 0.1) is 0 Å². The molecule has 0 unspecified atom stereocenters. The third-order valence-electron chi connectivity index (χ3n) is 5.87. The van der Waals surface area contributed by atoms with E-state index < -0.39 is 10.0 Å². The highest BCUT2D eigenvalue weighted by Crippen LogP contribution is 2.21. The van der Waals surface area contributed by atoms with E-state index in [4.69, 9.17) is 0 Å². The van der Waals surface area contributed by atoms with Gasteiger partial charge in [-0.05, 0) is 49.1 Å². The smallest absolute Gasteiger partial charge is 0.244 e. The minimum Gasteiger partial charge on any atom is -0.343 e. The zero-order valence-corrected chi connectivity index (χ0v) is 20.5. The lowest BCUT2D eigenvalue weighted by Gasteiger charge is -2.21. The van der Waals surface area contributed by atoms with Crippen LogP contribution in [-0.4, -0.2) is 55.6 Å². The van der Waals surface area contributed by atoms with Gasteiger partial charge in [-0.2, -0.15) is 4.31 Å². The fourth-order valence-corrected chi connectivity index (χ4v) is 5.38. The second kappa shape index (κ2) is 12.5. The topological polar surface area (TPSA) is 86.8 Å². The van der Waals surface area contributed by atoms with Crippen molar-refractivity contribution >= 4 is 27.9 Å². The molecule has 7 nitrogen and oxygen atoms in total. The Morgan fingerprint density at radius 3 is 2.24 bits per heavy atom. The number of nitrogens with zero attached hydrogens (tertiary/aromatic N) is 2. The Labute approximate surface area is 202 Å². The van der Waals surface area contributed by atoms with Gasteiger partial charge in [0.25, 0.3) is 0 Å². The summed E-state index contributed by atoms with van der Waals surface area (Å²) in [6, 6.07) is 16.2. The van der Waals surface area contributed by atoms with Gasteiger partial charge in [0.15, 0.2) is 0 Å². The van der Waals surface area contributed by atoms with E-state index in [9.17, 15) is 18.0 Å². The number of nitrogens with one attached hydrogen (secondary N) is 1. The van der Waals surface area contributed by atoms with Crippen molar-refractivity contribution in [2.75, 3.05) is 26.2 Å². The van der Waals surface area contributed by atoms with E-state index in [0.29, 0.717) is 31.7 Å². The minimum atomic E-state index is -3.50. The van der Waals surface area contributed by atoms with Crippen molar-refractivity contribution in [2.45, 2.75) is 44.0 Å². The molecule has 8 heteroatoms. The van der Waals surface area contributed by atoms with Crippen molar-refractivity contribution in [3.8, 4) is 0 Å². The van der Waals surface area contributed by atoms with E-state index in [0.717, 1.165) is 31.2 Å². The van der Waals surface area contributed by atoms with Gasteiger partial charge in [0.2, 0.25) is 21.8 Å². The van der Waals surface area contributed by atoms with Crippen molar-refractivity contribution in [2.24, 2.45) is 0 Å². The van der Waals surface area contributed by atoms with Gasteiger partial charge in [0.05, 0.1) is 11.4 Å². The molecule has 0 aliphatic carbocycles. The molecular weight excluding hydrogens is 450 g/mol. The van der Waals surface area contributed by atoms with Crippen molar-refractivity contribution < 1.29 is 18.0 Å². The Kier molecular flexibility index (Phi) is 9.42. The van der Waals surface area contributed by atoms with E-state index in [1.807, 2.05) is 37.3 Å². The van der Waals surface area contributed by atoms with Crippen molar-refractivity contribution in [3.63, 3.8) is 0 Å². The SMILES string of the molecule is CCN(Cc1ccccc1)C(=O)CNC(=O)/C=C/c1ccc(S(=O)(=O)N2CCCCCC2)cc1. The Morgan fingerprint density at radius 1 is 0.971 bits per heavy atom. The number of amides is 2. The molecule has 0 radical (unpaired) electrons. The molecule has 182 valence electrons. The average molecular weight is 484 g/mol. The largest absolute Gasteiger partial charge is 0.343 e. The number of hydrogen-bond acceptors (Lipinski definition) is 4. The summed E-state index contributed by atoms with van der Waals surface area (Å²) in [5, 5.41) is 2.62. The van der Waals surface area contributed by atoms with E-state index in [-0.39, 0.29) is 23.3 Å². The molecule has 0 aromatic heterocycles. The summed E-state index contributed by atoms with van der Waals surface area (Å²) >= 11 is 0. The van der Waals surface area contributed by atoms with Crippen molar-refractivity contribution in [1.82, 2.24) is 14.5 Å². The molecule has 1 aliphatic heterocycles. The molecule has 0 atom stereocenters. The van der Waals surface area contributed by atoms with Gasteiger partial charge in [0.1, 0.15) is 0 Å². The zero-order chi connectivity index (χ0) is 24.4. The lowest BCUT2D eigenvalue weighted by molar-refractivity contribution is -0.132. The minimum absolute atomic E-state index is 0.0864. The number of carbonyl (C=O) groups excluding carboxylic acids is 2.